The first kappa shape index (κ1) is 37.7. The summed E-state index contributed by atoms with van der Waals surface area (Å²) in [7, 11) is -0.932. The van der Waals surface area contributed by atoms with Crippen LogP contribution in [0.2, 0.25) is 5.02 Å². The van der Waals surface area contributed by atoms with Gasteiger partial charge in [0.1, 0.15) is 23.5 Å². The molecule has 5 rings (SSSR count). The first-order valence-electron chi connectivity index (χ1n) is 17.5. The van der Waals surface area contributed by atoms with Gasteiger partial charge in [-0.25, -0.2) is 9.78 Å². The molecule has 2 aliphatic heterocycles. The maximum absolute atomic E-state index is 13.3. The molecule has 0 aliphatic carbocycles. The standard InChI is InChI=1S/C37H53ClN7O4P/c1-10-26-21-30(41-35-39-23-28(38)34(42-35)40-29-12-11-24(2)25(3)33(29)50(8,9)47)32(48-7)22-31(26)44-15-13-27(14-16-44)43-17-19-45(20-18-43)36(46)49-37(4,5)6/h11-12,21-23,27H,10,13-20H2,1-9H3,(H2,39,40,41,42). The fourth-order valence-corrected chi connectivity index (χ4v) is 8.72. The zero-order valence-electron chi connectivity index (χ0n) is 31.0. The van der Waals surface area contributed by atoms with Gasteiger partial charge in [-0.2, -0.15) is 4.98 Å². The summed E-state index contributed by atoms with van der Waals surface area (Å²) in [6, 6.07) is 8.64. The van der Waals surface area contributed by atoms with Crippen molar-refractivity contribution < 1.29 is 18.8 Å². The topological polar surface area (TPSA) is 112 Å². The highest BCUT2D eigenvalue weighted by Crippen LogP contribution is 2.41. The second kappa shape index (κ2) is 15.4. The predicted octanol–water partition coefficient (Wildman–Crippen LogP) is 7.57. The number of piperidine rings is 1. The van der Waals surface area contributed by atoms with E-state index >= 15 is 0 Å². The largest absolute Gasteiger partial charge is 0.494 e. The zero-order valence-corrected chi connectivity index (χ0v) is 32.7. The maximum atomic E-state index is 13.3. The lowest BCUT2D eigenvalue weighted by Gasteiger charge is -2.43. The molecule has 2 aromatic carbocycles. The Bertz CT molecular complexity index is 1740. The van der Waals surface area contributed by atoms with Crippen molar-refractivity contribution in [2.24, 2.45) is 0 Å². The molecule has 11 nitrogen and oxygen atoms in total. The van der Waals surface area contributed by atoms with E-state index < -0.39 is 12.7 Å². The number of carbonyl (C=O) groups excluding carboxylic acids is 1. The normalized spacial score (nSPS) is 16.4. The minimum absolute atomic E-state index is 0.220. The minimum atomic E-state index is -2.60. The van der Waals surface area contributed by atoms with E-state index in [-0.39, 0.29) is 6.09 Å². The van der Waals surface area contributed by atoms with Crippen molar-refractivity contribution in [1.29, 1.82) is 0 Å². The van der Waals surface area contributed by atoms with E-state index in [1.807, 2.05) is 51.7 Å². The Morgan fingerprint density at radius 3 is 2.30 bits per heavy atom. The van der Waals surface area contributed by atoms with Crippen LogP contribution in [0, 0.1) is 13.8 Å². The molecule has 1 amide bonds. The summed E-state index contributed by atoms with van der Waals surface area (Å²) in [5.41, 5.74) is 5.44. The number of carbonyl (C=O) groups is 1. The molecule has 2 aliphatic rings. The molecule has 3 heterocycles. The van der Waals surface area contributed by atoms with E-state index in [9.17, 15) is 9.36 Å². The van der Waals surface area contributed by atoms with Crippen molar-refractivity contribution in [3.05, 3.63) is 52.2 Å². The molecular formula is C37H53ClN7O4P. The Labute approximate surface area is 302 Å². The summed E-state index contributed by atoms with van der Waals surface area (Å²) in [6.45, 7) is 20.4. The number of nitrogens with zero attached hydrogens (tertiary/aromatic N) is 5. The number of ether oxygens (including phenoxy) is 2. The molecule has 2 saturated heterocycles. The zero-order chi connectivity index (χ0) is 36.4. The van der Waals surface area contributed by atoms with E-state index in [1.54, 1.807) is 26.6 Å². The van der Waals surface area contributed by atoms with E-state index in [4.69, 9.17) is 26.1 Å². The summed E-state index contributed by atoms with van der Waals surface area (Å²) >= 11 is 6.56. The van der Waals surface area contributed by atoms with Crippen LogP contribution in [0.4, 0.5) is 33.6 Å². The smallest absolute Gasteiger partial charge is 0.410 e. The van der Waals surface area contributed by atoms with Crippen LogP contribution in [0.25, 0.3) is 0 Å². The number of piperazine rings is 1. The molecule has 0 radical (unpaired) electrons. The Kier molecular flexibility index (Phi) is 11.6. The number of anilines is 5. The van der Waals surface area contributed by atoms with Gasteiger partial charge in [-0.1, -0.05) is 24.6 Å². The third-order valence-electron chi connectivity index (χ3n) is 9.55. The van der Waals surface area contributed by atoms with Gasteiger partial charge in [-0.3, -0.25) is 4.90 Å². The minimum Gasteiger partial charge on any atom is -0.494 e. The van der Waals surface area contributed by atoms with Crippen molar-refractivity contribution in [3.8, 4) is 5.75 Å². The van der Waals surface area contributed by atoms with Crippen LogP contribution in [0.15, 0.2) is 30.5 Å². The summed E-state index contributed by atoms with van der Waals surface area (Å²) in [5.74, 6) is 1.47. The van der Waals surface area contributed by atoms with Crippen LogP contribution in [0.5, 0.6) is 5.75 Å². The van der Waals surface area contributed by atoms with Gasteiger partial charge in [0.05, 0.1) is 24.7 Å². The molecular weight excluding hydrogens is 673 g/mol. The average molecular weight is 726 g/mol. The summed E-state index contributed by atoms with van der Waals surface area (Å²) in [6.07, 6.45) is 4.29. The van der Waals surface area contributed by atoms with Crippen molar-refractivity contribution in [3.63, 3.8) is 0 Å². The molecule has 2 fully saturated rings. The fourth-order valence-electron chi connectivity index (χ4n) is 6.88. The molecule has 13 heteroatoms. The van der Waals surface area contributed by atoms with E-state index in [1.165, 1.54) is 11.3 Å². The summed E-state index contributed by atoms with van der Waals surface area (Å²) in [4.78, 5) is 28.5. The van der Waals surface area contributed by atoms with Crippen molar-refractivity contribution >= 4 is 59.0 Å². The molecule has 0 saturated carbocycles. The first-order chi connectivity index (χ1) is 23.6. The van der Waals surface area contributed by atoms with Crippen LogP contribution in [-0.4, -0.2) is 97.2 Å². The van der Waals surface area contributed by atoms with Gasteiger partial charge in [0, 0.05) is 62.4 Å². The number of nitrogens with one attached hydrogen (secondary N) is 2. The number of hydrogen-bond donors (Lipinski definition) is 2. The quantitative estimate of drug-likeness (QED) is 0.214. The molecule has 272 valence electrons. The van der Waals surface area contributed by atoms with Gasteiger partial charge >= 0.3 is 6.09 Å². The second-order valence-electron chi connectivity index (χ2n) is 14.7. The second-order valence-corrected chi connectivity index (χ2v) is 18.2. The van der Waals surface area contributed by atoms with Crippen molar-refractivity contribution in [2.75, 3.05) is 75.2 Å². The van der Waals surface area contributed by atoms with Crippen LogP contribution in [0.3, 0.4) is 0 Å². The molecule has 1 aromatic heterocycles. The van der Waals surface area contributed by atoms with Gasteiger partial charge < -0.3 is 34.5 Å². The van der Waals surface area contributed by atoms with Crippen LogP contribution < -0.4 is 25.6 Å². The van der Waals surface area contributed by atoms with Gasteiger partial charge in [0.25, 0.3) is 0 Å². The van der Waals surface area contributed by atoms with Gasteiger partial charge in [0.2, 0.25) is 5.95 Å². The molecule has 50 heavy (non-hydrogen) atoms. The van der Waals surface area contributed by atoms with Gasteiger partial charge in [-0.15, -0.1) is 0 Å². The third kappa shape index (κ3) is 8.85. The van der Waals surface area contributed by atoms with Crippen LogP contribution in [0.1, 0.15) is 57.2 Å². The lowest BCUT2D eigenvalue weighted by Crippen LogP contribution is -2.55. The number of amides is 1. The molecule has 2 N–H and O–H groups in total. The lowest BCUT2D eigenvalue weighted by atomic mass is 9.99. The van der Waals surface area contributed by atoms with E-state index in [2.05, 4.69) is 44.5 Å². The fraction of sp³-hybridized carbons (Fsp3) is 0.541. The molecule has 0 spiro atoms. The first-order valence-corrected chi connectivity index (χ1v) is 20.5. The number of aryl methyl sites for hydroxylation is 2. The van der Waals surface area contributed by atoms with Gasteiger partial charge in [-0.05, 0) is 96.0 Å². The molecule has 0 unspecified atom stereocenters. The summed E-state index contributed by atoms with van der Waals surface area (Å²) < 4.78 is 24.7. The Balaban J connectivity index is 1.27. The number of rotatable bonds is 9. The van der Waals surface area contributed by atoms with Crippen molar-refractivity contribution in [2.45, 2.75) is 72.4 Å². The highest BCUT2D eigenvalue weighted by molar-refractivity contribution is 7.70. The highest BCUT2D eigenvalue weighted by atomic mass is 35.5. The number of aromatic nitrogens is 2. The number of benzene rings is 2. The van der Waals surface area contributed by atoms with Crippen molar-refractivity contribution in [1.82, 2.24) is 19.8 Å². The Hall–Kier alpha value is -3.53. The molecule has 3 aromatic rings. The maximum Gasteiger partial charge on any atom is 0.410 e. The highest BCUT2D eigenvalue weighted by Gasteiger charge is 2.31. The predicted molar refractivity (Wildman–Crippen MR) is 206 cm³/mol. The van der Waals surface area contributed by atoms with Crippen LogP contribution in [-0.2, 0) is 15.7 Å². The monoisotopic (exact) mass is 725 g/mol. The summed E-state index contributed by atoms with van der Waals surface area (Å²) in [5, 5.41) is 7.83. The number of hydrogen-bond acceptors (Lipinski definition) is 10. The van der Waals surface area contributed by atoms with Crippen LogP contribution >= 0.6 is 18.7 Å². The van der Waals surface area contributed by atoms with E-state index in [0.29, 0.717) is 41.7 Å². The Morgan fingerprint density at radius 1 is 1.02 bits per heavy atom. The molecule has 0 bridgehead atoms. The lowest BCUT2D eigenvalue weighted by molar-refractivity contribution is 0.00901. The molecule has 0 atom stereocenters. The number of methoxy groups -OCH3 is 1. The van der Waals surface area contributed by atoms with E-state index in [0.717, 1.165) is 73.2 Å². The SMILES string of the molecule is CCc1cc(Nc2ncc(Cl)c(Nc3ccc(C)c(C)c3P(C)(C)=O)n2)c(OC)cc1N1CCC(N2CCN(C(=O)OC(C)(C)C)CC2)CC1. The Morgan fingerprint density at radius 2 is 1.70 bits per heavy atom. The van der Waals surface area contributed by atoms with Gasteiger partial charge in [0.15, 0.2) is 5.82 Å². The third-order valence-corrected chi connectivity index (χ3v) is 11.5. The number of halogens is 1. The average Bonchev–Trinajstić information content (AvgIpc) is 3.06.